The standard InChI is InChI=1S/C23H44N4O2/c1-20(2)12-16(13-21(3,4)26(20)9)24-18(28)11-19(29)25-17-14-22(5,6)27(10)23(7,8)15-17/h16-17H,11-15H2,1-10H3,(H,24,28)(H,25,29). The van der Waals surface area contributed by atoms with E-state index in [1.54, 1.807) is 0 Å². The zero-order valence-corrected chi connectivity index (χ0v) is 20.4. The normalized spacial score (nSPS) is 27.4. The zero-order chi connectivity index (χ0) is 22.4. The average Bonchev–Trinajstić information content (AvgIpc) is 2.48. The minimum absolute atomic E-state index is 0.00719. The smallest absolute Gasteiger partial charge is 0.229 e. The maximum atomic E-state index is 12.6. The minimum atomic E-state index is -0.171. The van der Waals surface area contributed by atoms with E-state index in [-0.39, 0.29) is 52.5 Å². The van der Waals surface area contributed by atoms with E-state index in [1.807, 2.05) is 0 Å². The van der Waals surface area contributed by atoms with Crippen LogP contribution in [-0.2, 0) is 9.59 Å². The molecule has 0 spiro atoms. The van der Waals surface area contributed by atoms with E-state index in [4.69, 9.17) is 0 Å². The van der Waals surface area contributed by atoms with E-state index in [0.29, 0.717) is 0 Å². The molecule has 0 unspecified atom stereocenters. The summed E-state index contributed by atoms with van der Waals surface area (Å²) in [6.07, 6.45) is 3.45. The van der Waals surface area contributed by atoms with E-state index >= 15 is 0 Å². The van der Waals surface area contributed by atoms with E-state index in [9.17, 15) is 9.59 Å². The lowest BCUT2D eigenvalue weighted by atomic mass is 9.77. The van der Waals surface area contributed by atoms with Crippen LogP contribution in [0.1, 0.15) is 87.5 Å². The lowest BCUT2D eigenvalue weighted by Crippen LogP contribution is -2.63. The van der Waals surface area contributed by atoms with Crippen LogP contribution in [0.25, 0.3) is 0 Å². The quantitative estimate of drug-likeness (QED) is 0.702. The first-order chi connectivity index (χ1) is 13.0. The van der Waals surface area contributed by atoms with Gasteiger partial charge in [-0.1, -0.05) is 0 Å². The van der Waals surface area contributed by atoms with Gasteiger partial charge in [0.2, 0.25) is 11.8 Å². The summed E-state index contributed by atoms with van der Waals surface area (Å²) in [5.41, 5.74) is 0.0287. The van der Waals surface area contributed by atoms with Gasteiger partial charge in [-0.2, -0.15) is 0 Å². The molecule has 2 aliphatic rings. The first kappa shape index (κ1) is 24.1. The largest absolute Gasteiger partial charge is 0.353 e. The summed E-state index contributed by atoms with van der Waals surface area (Å²) in [7, 11) is 4.30. The van der Waals surface area contributed by atoms with E-state index in [1.165, 1.54) is 0 Å². The van der Waals surface area contributed by atoms with Crippen molar-refractivity contribution in [3.8, 4) is 0 Å². The highest BCUT2D eigenvalue weighted by Crippen LogP contribution is 2.38. The molecule has 2 aliphatic heterocycles. The fourth-order valence-electron chi connectivity index (χ4n) is 5.65. The van der Waals surface area contributed by atoms with E-state index < -0.39 is 0 Å². The number of likely N-dealkylation sites (tertiary alicyclic amines) is 2. The van der Waals surface area contributed by atoms with Gasteiger partial charge >= 0.3 is 0 Å². The summed E-state index contributed by atoms with van der Waals surface area (Å²) in [6.45, 7) is 17.7. The molecule has 6 heteroatoms. The highest BCUT2D eigenvalue weighted by Gasteiger charge is 2.44. The molecule has 2 saturated heterocycles. The highest BCUT2D eigenvalue weighted by molar-refractivity contribution is 5.97. The number of amides is 2. The predicted molar refractivity (Wildman–Crippen MR) is 119 cm³/mol. The summed E-state index contributed by atoms with van der Waals surface area (Å²) in [4.78, 5) is 29.9. The van der Waals surface area contributed by atoms with Crippen LogP contribution in [0, 0.1) is 0 Å². The fourth-order valence-corrected chi connectivity index (χ4v) is 5.65. The maximum Gasteiger partial charge on any atom is 0.229 e. The van der Waals surface area contributed by atoms with Crippen LogP contribution in [0.5, 0.6) is 0 Å². The number of piperidine rings is 2. The monoisotopic (exact) mass is 408 g/mol. The van der Waals surface area contributed by atoms with Crippen LogP contribution in [0.3, 0.4) is 0 Å². The number of carbonyl (C=O) groups excluding carboxylic acids is 2. The van der Waals surface area contributed by atoms with Crippen molar-refractivity contribution in [1.29, 1.82) is 0 Å². The highest BCUT2D eigenvalue weighted by atomic mass is 16.2. The van der Waals surface area contributed by atoms with E-state index in [0.717, 1.165) is 25.7 Å². The van der Waals surface area contributed by atoms with Gasteiger partial charge < -0.3 is 10.6 Å². The van der Waals surface area contributed by atoms with Gasteiger partial charge in [-0.15, -0.1) is 0 Å². The number of rotatable bonds is 4. The molecule has 2 fully saturated rings. The second kappa shape index (κ2) is 7.84. The Kier molecular flexibility index (Phi) is 6.53. The number of nitrogens with zero attached hydrogens (tertiary/aromatic N) is 2. The maximum absolute atomic E-state index is 12.6. The molecule has 2 heterocycles. The Morgan fingerprint density at radius 3 is 1.14 bits per heavy atom. The Morgan fingerprint density at radius 1 is 0.655 bits per heavy atom. The van der Waals surface area contributed by atoms with Gasteiger partial charge in [-0.3, -0.25) is 19.4 Å². The third-order valence-electron chi connectivity index (χ3n) is 7.67. The molecule has 6 nitrogen and oxygen atoms in total. The van der Waals surface area contributed by atoms with Crippen LogP contribution < -0.4 is 10.6 Å². The van der Waals surface area contributed by atoms with Crippen molar-refractivity contribution in [3.63, 3.8) is 0 Å². The Balaban J connectivity index is 1.91. The number of hydrogen-bond acceptors (Lipinski definition) is 4. The fraction of sp³-hybridized carbons (Fsp3) is 0.913. The number of nitrogens with one attached hydrogen (secondary N) is 2. The van der Waals surface area contributed by atoms with Gasteiger partial charge in [-0.25, -0.2) is 0 Å². The summed E-state index contributed by atoms with van der Waals surface area (Å²) in [5.74, 6) is -0.342. The van der Waals surface area contributed by atoms with Crippen molar-refractivity contribution >= 4 is 11.8 Å². The van der Waals surface area contributed by atoms with Gasteiger partial charge in [-0.05, 0) is 95.2 Å². The zero-order valence-electron chi connectivity index (χ0n) is 20.4. The third kappa shape index (κ3) is 5.52. The third-order valence-corrected chi connectivity index (χ3v) is 7.67. The molecule has 0 saturated carbocycles. The van der Waals surface area contributed by atoms with Crippen LogP contribution in [0.15, 0.2) is 0 Å². The molecule has 2 amide bonds. The molecule has 0 aromatic heterocycles. The van der Waals surface area contributed by atoms with Gasteiger partial charge in [0.05, 0.1) is 0 Å². The minimum Gasteiger partial charge on any atom is -0.353 e. The first-order valence-electron chi connectivity index (χ1n) is 11.0. The topological polar surface area (TPSA) is 64.7 Å². The number of carbonyl (C=O) groups is 2. The van der Waals surface area contributed by atoms with Gasteiger partial charge in [0, 0.05) is 34.2 Å². The molecule has 168 valence electrons. The van der Waals surface area contributed by atoms with Crippen molar-refractivity contribution in [3.05, 3.63) is 0 Å². The van der Waals surface area contributed by atoms with Crippen molar-refractivity contribution in [2.24, 2.45) is 0 Å². The summed E-state index contributed by atoms with van der Waals surface area (Å²) < 4.78 is 0. The van der Waals surface area contributed by atoms with Crippen molar-refractivity contribution in [1.82, 2.24) is 20.4 Å². The van der Waals surface area contributed by atoms with E-state index in [2.05, 4.69) is 89.9 Å². The van der Waals surface area contributed by atoms with Gasteiger partial charge in [0.25, 0.3) is 0 Å². The Hall–Kier alpha value is -1.14. The predicted octanol–water partition coefficient (Wildman–Crippen LogP) is 2.91. The van der Waals surface area contributed by atoms with Crippen LogP contribution in [0.2, 0.25) is 0 Å². The van der Waals surface area contributed by atoms with Crippen molar-refractivity contribution in [2.75, 3.05) is 14.1 Å². The lowest BCUT2D eigenvalue weighted by Gasteiger charge is -2.53. The molecule has 0 aromatic carbocycles. The molecule has 2 N–H and O–H groups in total. The second-order valence-electron chi connectivity index (χ2n) is 11.9. The molecule has 0 radical (unpaired) electrons. The average molecular weight is 409 g/mol. The van der Waals surface area contributed by atoms with Crippen LogP contribution in [0.4, 0.5) is 0 Å². The van der Waals surface area contributed by atoms with Crippen molar-refractivity contribution in [2.45, 2.75) is 122 Å². The molecular weight excluding hydrogens is 364 g/mol. The lowest BCUT2D eigenvalue weighted by molar-refractivity contribution is -0.131. The SMILES string of the molecule is CN1C(C)(C)CC(NC(=O)CC(=O)NC2CC(C)(C)N(C)C(C)(C)C2)CC1(C)C. The molecule has 0 atom stereocenters. The second-order valence-corrected chi connectivity index (χ2v) is 11.9. The summed E-state index contributed by atoms with van der Waals surface area (Å²) in [6, 6.07) is 0.190. The van der Waals surface area contributed by atoms with Gasteiger partial charge in [0.1, 0.15) is 6.42 Å². The molecule has 2 rings (SSSR count). The summed E-state index contributed by atoms with van der Waals surface area (Å²) >= 11 is 0. The Bertz CT molecular complexity index is 549. The molecular formula is C23H44N4O2. The molecule has 0 aromatic rings. The van der Waals surface area contributed by atoms with Crippen LogP contribution >= 0.6 is 0 Å². The Morgan fingerprint density at radius 2 is 0.897 bits per heavy atom. The molecule has 0 aliphatic carbocycles. The number of hydrogen-bond donors (Lipinski definition) is 2. The first-order valence-corrected chi connectivity index (χ1v) is 11.0. The molecule has 0 bridgehead atoms. The molecule has 29 heavy (non-hydrogen) atoms. The Labute approximate surface area is 178 Å². The van der Waals surface area contributed by atoms with Crippen LogP contribution in [-0.4, -0.2) is 69.9 Å². The van der Waals surface area contributed by atoms with Gasteiger partial charge in [0.15, 0.2) is 0 Å². The summed E-state index contributed by atoms with van der Waals surface area (Å²) in [5, 5.41) is 6.25. The van der Waals surface area contributed by atoms with Crippen molar-refractivity contribution < 1.29 is 9.59 Å².